The summed E-state index contributed by atoms with van der Waals surface area (Å²) in [5, 5.41) is 12.2. The molecule has 0 saturated heterocycles. The summed E-state index contributed by atoms with van der Waals surface area (Å²) >= 11 is 3.16. The molecule has 1 aromatic carbocycles. The molecule has 0 fully saturated rings. The molecule has 2 rings (SSSR count). The highest BCUT2D eigenvalue weighted by molar-refractivity contribution is 9.10. The normalized spacial score (nSPS) is 10.4. The van der Waals surface area contributed by atoms with E-state index in [0.29, 0.717) is 15.9 Å². The van der Waals surface area contributed by atoms with E-state index in [0.717, 1.165) is 12.2 Å². The lowest BCUT2D eigenvalue weighted by Crippen LogP contribution is -2.22. The maximum atomic E-state index is 11.9. The van der Waals surface area contributed by atoms with Gasteiger partial charge in [0.05, 0.1) is 17.2 Å². The van der Waals surface area contributed by atoms with Gasteiger partial charge in [-0.3, -0.25) is 4.79 Å². The molecule has 5 nitrogen and oxygen atoms in total. The van der Waals surface area contributed by atoms with Crippen LogP contribution in [-0.4, -0.2) is 16.0 Å². The number of phenolic OH excluding ortho intramolecular Hbond substituents is 1. The van der Waals surface area contributed by atoms with Crippen molar-refractivity contribution in [1.29, 1.82) is 0 Å². The third kappa shape index (κ3) is 3.35. The van der Waals surface area contributed by atoms with Crippen molar-refractivity contribution in [2.24, 2.45) is 0 Å². The Balaban J connectivity index is 1.99. The minimum Gasteiger partial charge on any atom is -0.507 e. The van der Waals surface area contributed by atoms with Crippen molar-refractivity contribution in [3.8, 4) is 5.75 Å². The molecule has 2 N–H and O–H groups in total. The maximum absolute atomic E-state index is 11.9. The lowest BCUT2D eigenvalue weighted by molar-refractivity contribution is 0.0946. The second-order valence-corrected chi connectivity index (χ2v) is 4.78. The molecule has 0 aliphatic carbocycles. The molecular weight excluding hydrogens is 312 g/mol. The van der Waals surface area contributed by atoms with Crippen molar-refractivity contribution in [2.75, 3.05) is 0 Å². The minimum absolute atomic E-state index is 0.0250. The molecule has 1 heterocycles. The van der Waals surface area contributed by atoms with Crippen LogP contribution in [0.1, 0.15) is 28.9 Å². The predicted octanol–water partition coefficient (Wildman–Crippen LogP) is 2.64. The van der Waals surface area contributed by atoms with Gasteiger partial charge in [0.15, 0.2) is 0 Å². The number of amides is 1. The molecular formula is C13H13BrN2O3. The Morgan fingerprint density at radius 3 is 2.95 bits per heavy atom. The Morgan fingerprint density at radius 2 is 2.32 bits per heavy atom. The topological polar surface area (TPSA) is 75.4 Å². The van der Waals surface area contributed by atoms with Gasteiger partial charge in [0.2, 0.25) is 5.89 Å². The quantitative estimate of drug-likeness (QED) is 0.906. The monoisotopic (exact) mass is 324 g/mol. The summed E-state index contributed by atoms with van der Waals surface area (Å²) in [5.41, 5.74) is 0.378. The standard InChI is InChI=1S/C13H13BrN2O3/c1-2-9-6-15-12(19-9)7-16-13(18)8-3-4-10(14)11(17)5-8/h3-6,17H,2,7H2,1H3,(H,16,18). The van der Waals surface area contributed by atoms with Crippen molar-refractivity contribution in [2.45, 2.75) is 19.9 Å². The van der Waals surface area contributed by atoms with Crippen LogP contribution in [0.4, 0.5) is 0 Å². The van der Waals surface area contributed by atoms with E-state index in [1.54, 1.807) is 18.3 Å². The Hall–Kier alpha value is -1.82. The Kier molecular flexibility index (Phi) is 4.21. The van der Waals surface area contributed by atoms with Crippen molar-refractivity contribution in [3.05, 3.63) is 46.1 Å². The molecule has 1 amide bonds. The SMILES string of the molecule is CCc1cnc(CNC(=O)c2ccc(Br)c(O)c2)o1. The highest BCUT2D eigenvalue weighted by Crippen LogP contribution is 2.24. The largest absolute Gasteiger partial charge is 0.507 e. The Morgan fingerprint density at radius 1 is 1.53 bits per heavy atom. The summed E-state index contributed by atoms with van der Waals surface area (Å²) in [5.74, 6) is 0.980. The van der Waals surface area contributed by atoms with E-state index < -0.39 is 0 Å². The van der Waals surface area contributed by atoms with Gasteiger partial charge in [-0.25, -0.2) is 4.98 Å². The number of nitrogens with zero attached hydrogens (tertiary/aromatic N) is 1. The zero-order valence-electron chi connectivity index (χ0n) is 10.3. The van der Waals surface area contributed by atoms with Gasteiger partial charge in [-0.15, -0.1) is 0 Å². The molecule has 6 heteroatoms. The molecule has 0 aliphatic rings. The number of rotatable bonds is 4. The maximum Gasteiger partial charge on any atom is 0.251 e. The summed E-state index contributed by atoms with van der Waals surface area (Å²) in [6.45, 7) is 2.18. The molecule has 2 aromatic rings. The number of carbonyl (C=O) groups is 1. The fraction of sp³-hybridized carbons (Fsp3) is 0.231. The smallest absolute Gasteiger partial charge is 0.251 e. The van der Waals surface area contributed by atoms with Gasteiger partial charge >= 0.3 is 0 Å². The molecule has 0 saturated carbocycles. The molecule has 100 valence electrons. The van der Waals surface area contributed by atoms with Gasteiger partial charge in [-0.1, -0.05) is 6.92 Å². The van der Waals surface area contributed by atoms with E-state index >= 15 is 0 Å². The minimum atomic E-state index is -0.293. The van der Waals surface area contributed by atoms with Gasteiger partial charge in [0.1, 0.15) is 11.5 Å². The van der Waals surface area contributed by atoms with E-state index in [-0.39, 0.29) is 18.2 Å². The molecule has 0 aliphatic heterocycles. The zero-order chi connectivity index (χ0) is 13.8. The summed E-state index contributed by atoms with van der Waals surface area (Å²) < 4.78 is 5.92. The van der Waals surface area contributed by atoms with Crippen LogP contribution < -0.4 is 5.32 Å². The number of halogens is 1. The van der Waals surface area contributed by atoms with E-state index in [9.17, 15) is 9.90 Å². The van der Waals surface area contributed by atoms with Crippen LogP contribution in [0.15, 0.2) is 33.3 Å². The van der Waals surface area contributed by atoms with Crippen molar-refractivity contribution in [1.82, 2.24) is 10.3 Å². The Bertz CT molecular complexity index is 595. The van der Waals surface area contributed by atoms with Crippen LogP contribution in [0.5, 0.6) is 5.75 Å². The summed E-state index contributed by atoms with van der Waals surface area (Å²) in [6, 6.07) is 4.63. The lowest BCUT2D eigenvalue weighted by atomic mass is 10.2. The third-order valence-electron chi connectivity index (χ3n) is 2.56. The fourth-order valence-electron chi connectivity index (χ4n) is 1.51. The first kappa shape index (κ1) is 13.6. The van der Waals surface area contributed by atoms with Crippen LogP contribution in [0.3, 0.4) is 0 Å². The summed E-state index contributed by atoms with van der Waals surface area (Å²) in [4.78, 5) is 15.9. The van der Waals surface area contributed by atoms with Crippen molar-refractivity contribution in [3.63, 3.8) is 0 Å². The lowest BCUT2D eigenvalue weighted by Gasteiger charge is -2.04. The van der Waals surface area contributed by atoms with E-state index in [4.69, 9.17) is 4.42 Å². The first-order valence-corrected chi connectivity index (χ1v) is 6.59. The summed E-state index contributed by atoms with van der Waals surface area (Å²) in [7, 11) is 0. The van der Waals surface area contributed by atoms with Crippen LogP contribution in [-0.2, 0) is 13.0 Å². The highest BCUT2D eigenvalue weighted by Gasteiger charge is 2.09. The Labute approximate surface area is 118 Å². The molecule has 0 bridgehead atoms. The van der Waals surface area contributed by atoms with E-state index in [1.165, 1.54) is 6.07 Å². The molecule has 0 spiro atoms. The number of oxazole rings is 1. The number of aromatic nitrogens is 1. The van der Waals surface area contributed by atoms with E-state index in [2.05, 4.69) is 26.2 Å². The number of nitrogens with one attached hydrogen (secondary N) is 1. The van der Waals surface area contributed by atoms with Gasteiger partial charge in [0, 0.05) is 12.0 Å². The second-order valence-electron chi connectivity index (χ2n) is 3.92. The number of aryl methyl sites for hydroxylation is 1. The molecule has 19 heavy (non-hydrogen) atoms. The number of phenols is 1. The zero-order valence-corrected chi connectivity index (χ0v) is 11.9. The van der Waals surface area contributed by atoms with Crippen LogP contribution >= 0.6 is 15.9 Å². The number of hydrogen-bond acceptors (Lipinski definition) is 4. The first-order valence-electron chi connectivity index (χ1n) is 5.80. The van der Waals surface area contributed by atoms with Gasteiger partial charge in [-0.05, 0) is 34.1 Å². The average molecular weight is 325 g/mol. The fourth-order valence-corrected chi connectivity index (χ4v) is 1.75. The van der Waals surface area contributed by atoms with E-state index in [1.807, 2.05) is 6.92 Å². The molecule has 0 atom stereocenters. The van der Waals surface area contributed by atoms with Crippen LogP contribution in [0.2, 0.25) is 0 Å². The van der Waals surface area contributed by atoms with Crippen LogP contribution in [0, 0.1) is 0 Å². The third-order valence-corrected chi connectivity index (χ3v) is 3.23. The number of carbonyl (C=O) groups excluding carboxylic acids is 1. The number of hydrogen-bond donors (Lipinski definition) is 2. The number of aromatic hydroxyl groups is 1. The number of benzene rings is 1. The van der Waals surface area contributed by atoms with Crippen molar-refractivity contribution < 1.29 is 14.3 Å². The van der Waals surface area contributed by atoms with Gasteiger partial charge < -0.3 is 14.8 Å². The molecule has 0 radical (unpaired) electrons. The van der Waals surface area contributed by atoms with Gasteiger partial charge in [-0.2, -0.15) is 0 Å². The van der Waals surface area contributed by atoms with Gasteiger partial charge in [0.25, 0.3) is 5.91 Å². The molecule has 0 unspecified atom stereocenters. The summed E-state index contributed by atoms with van der Waals surface area (Å²) in [6.07, 6.45) is 2.41. The predicted molar refractivity (Wildman–Crippen MR) is 72.9 cm³/mol. The van der Waals surface area contributed by atoms with Crippen LogP contribution in [0.25, 0.3) is 0 Å². The molecule has 1 aromatic heterocycles. The first-order chi connectivity index (χ1) is 9.10. The second kappa shape index (κ2) is 5.88. The average Bonchev–Trinajstić information content (AvgIpc) is 2.87. The highest BCUT2D eigenvalue weighted by atomic mass is 79.9. The van der Waals surface area contributed by atoms with Crippen molar-refractivity contribution >= 4 is 21.8 Å².